The Morgan fingerprint density at radius 3 is 2.32 bits per heavy atom. The van der Waals surface area contributed by atoms with E-state index in [0.717, 1.165) is 6.54 Å². The predicted molar refractivity (Wildman–Crippen MR) is 86.7 cm³/mol. The zero-order valence-electron chi connectivity index (χ0n) is 12.7. The molecule has 0 bridgehead atoms. The van der Waals surface area contributed by atoms with Gasteiger partial charge in [0, 0.05) is 17.3 Å². The first-order valence-electron chi connectivity index (χ1n) is 7.28. The minimum atomic E-state index is 0.351. The number of rotatable bonds is 6. The van der Waals surface area contributed by atoms with Crippen molar-refractivity contribution in [3.63, 3.8) is 0 Å². The van der Waals surface area contributed by atoms with E-state index in [9.17, 15) is 0 Å². The first-order chi connectivity index (χ1) is 8.94. The molecule has 0 heterocycles. The highest BCUT2D eigenvalue weighted by Crippen LogP contribution is 2.47. The molecule has 0 amide bonds. The van der Waals surface area contributed by atoms with Gasteiger partial charge in [0.25, 0.3) is 0 Å². The van der Waals surface area contributed by atoms with Gasteiger partial charge in [-0.05, 0) is 36.5 Å². The molecule has 106 valence electrons. The Morgan fingerprint density at radius 1 is 1.21 bits per heavy atom. The zero-order valence-corrected chi connectivity index (χ0v) is 13.5. The molecule has 1 aliphatic carbocycles. The Labute approximate surface area is 122 Å². The van der Waals surface area contributed by atoms with E-state index in [4.69, 9.17) is 0 Å². The summed E-state index contributed by atoms with van der Waals surface area (Å²) in [6, 6.07) is 11.4. The third-order valence-corrected chi connectivity index (χ3v) is 5.35. The highest BCUT2D eigenvalue weighted by atomic mass is 32.2. The van der Waals surface area contributed by atoms with E-state index >= 15 is 0 Å². The molecular formula is C17H27NS. The minimum Gasteiger partial charge on any atom is -0.309 e. The van der Waals surface area contributed by atoms with Gasteiger partial charge < -0.3 is 5.32 Å². The van der Waals surface area contributed by atoms with Crippen molar-refractivity contribution in [1.29, 1.82) is 0 Å². The van der Waals surface area contributed by atoms with Crippen molar-refractivity contribution in [2.45, 2.75) is 50.8 Å². The van der Waals surface area contributed by atoms with Gasteiger partial charge >= 0.3 is 0 Å². The van der Waals surface area contributed by atoms with Gasteiger partial charge in [-0.25, -0.2) is 0 Å². The van der Waals surface area contributed by atoms with E-state index in [2.05, 4.69) is 62.7 Å². The van der Waals surface area contributed by atoms with Crippen molar-refractivity contribution in [2.75, 3.05) is 12.8 Å². The average Bonchev–Trinajstić information content (AvgIpc) is 3.15. The number of hydrogen-bond acceptors (Lipinski definition) is 2. The Hall–Kier alpha value is -0.470. The molecule has 2 rings (SSSR count). The molecule has 1 N–H and O–H groups in total. The molecule has 1 aliphatic rings. The smallest absolute Gasteiger partial charge is 0.0325 e. The number of nitrogens with one attached hydrogen (secondary N) is 1. The summed E-state index contributed by atoms with van der Waals surface area (Å²) in [5, 5.41) is 3.83. The third-order valence-electron chi connectivity index (χ3n) is 3.93. The lowest BCUT2D eigenvalue weighted by Crippen LogP contribution is -2.32. The lowest BCUT2D eigenvalue weighted by molar-refractivity contribution is 0.311. The summed E-state index contributed by atoms with van der Waals surface area (Å²) >= 11 is 2.03. The second kappa shape index (κ2) is 5.88. The number of thioether (sulfide) groups is 1. The molecule has 1 nitrogen and oxygen atoms in total. The first kappa shape index (κ1) is 14.9. The second-order valence-electron chi connectivity index (χ2n) is 7.00. The number of benzene rings is 1. The summed E-state index contributed by atoms with van der Waals surface area (Å²) < 4.78 is 0.533. The molecule has 0 saturated heterocycles. The van der Waals surface area contributed by atoms with Gasteiger partial charge in [-0.1, -0.05) is 51.1 Å². The zero-order chi connectivity index (χ0) is 13.9. The lowest BCUT2D eigenvalue weighted by atomic mass is 9.85. The van der Waals surface area contributed by atoms with Crippen molar-refractivity contribution < 1.29 is 0 Å². The van der Waals surface area contributed by atoms with Crippen LogP contribution in [0.1, 0.15) is 51.6 Å². The Kier molecular flexibility index (Phi) is 4.62. The predicted octanol–water partition coefficient (Wildman–Crippen LogP) is 4.65. The van der Waals surface area contributed by atoms with Crippen LogP contribution in [0.2, 0.25) is 0 Å². The highest BCUT2D eigenvalue weighted by molar-refractivity contribution is 8.00. The second-order valence-corrected chi connectivity index (χ2v) is 8.27. The van der Waals surface area contributed by atoms with Crippen LogP contribution in [0.15, 0.2) is 30.3 Å². The van der Waals surface area contributed by atoms with E-state index in [-0.39, 0.29) is 0 Å². The van der Waals surface area contributed by atoms with Crippen LogP contribution in [0.25, 0.3) is 0 Å². The van der Waals surface area contributed by atoms with Gasteiger partial charge in [0.1, 0.15) is 0 Å². The van der Waals surface area contributed by atoms with Gasteiger partial charge in [0.15, 0.2) is 0 Å². The fraction of sp³-hybridized carbons (Fsp3) is 0.647. The van der Waals surface area contributed by atoms with Crippen LogP contribution in [0.5, 0.6) is 0 Å². The molecule has 1 unspecified atom stereocenters. The molecule has 1 aromatic carbocycles. The Bertz CT molecular complexity index is 389. The molecule has 1 fully saturated rings. The fourth-order valence-corrected chi connectivity index (χ4v) is 3.25. The van der Waals surface area contributed by atoms with Gasteiger partial charge in [-0.3, -0.25) is 0 Å². The monoisotopic (exact) mass is 277 g/mol. The van der Waals surface area contributed by atoms with Gasteiger partial charge in [-0.2, -0.15) is 11.8 Å². The van der Waals surface area contributed by atoms with E-state index < -0.39 is 0 Å². The fourth-order valence-electron chi connectivity index (χ4n) is 2.51. The van der Waals surface area contributed by atoms with Crippen molar-refractivity contribution in [3.05, 3.63) is 35.9 Å². The van der Waals surface area contributed by atoms with Crippen molar-refractivity contribution in [2.24, 2.45) is 5.41 Å². The van der Waals surface area contributed by atoms with Crippen LogP contribution in [0, 0.1) is 5.41 Å². The largest absolute Gasteiger partial charge is 0.309 e. The highest BCUT2D eigenvalue weighted by Gasteiger charge is 2.42. The van der Waals surface area contributed by atoms with Crippen LogP contribution in [0.4, 0.5) is 0 Å². The standard InChI is InChI=1S/C17H27NS/c1-16(2,3)12-15(14-8-6-5-7-9-14)18-13-17(19-4)10-11-17/h5-9,15,18H,10-13H2,1-4H3. The summed E-state index contributed by atoms with van der Waals surface area (Å²) in [7, 11) is 0. The van der Waals surface area contributed by atoms with E-state index in [1.807, 2.05) is 11.8 Å². The summed E-state index contributed by atoms with van der Waals surface area (Å²) in [5.41, 5.74) is 1.78. The normalized spacial score (nSPS) is 19.2. The Balaban J connectivity index is 2.02. The summed E-state index contributed by atoms with van der Waals surface area (Å²) in [4.78, 5) is 0. The summed E-state index contributed by atoms with van der Waals surface area (Å²) in [6.45, 7) is 8.12. The Morgan fingerprint density at radius 2 is 1.84 bits per heavy atom. The van der Waals surface area contributed by atoms with E-state index in [1.54, 1.807) is 0 Å². The van der Waals surface area contributed by atoms with Gasteiger partial charge in [0.05, 0.1) is 0 Å². The molecule has 19 heavy (non-hydrogen) atoms. The molecule has 1 aromatic rings. The number of hydrogen-bond donors (Lipinski definition) is 1. The summed E-state index contributed by atoms with van der Waals surface area (Å²) in [5.74, 6) is 0. The molecule has 0 spiro atoms. The quantitative estimate of drug-likeness (QED) is 0.812. The summed E-state index contributed by atoms with van der Waals surface area (Å²) in [6.07, 6.45) is 6.17. The van der Waals surface area contributed by atoms with Crippen molar-refractivity contribution in [1.82, 2.24) is 5.32 Å². The SMILES string of the molecule is CSC1(CNC(CC(C)(C)C)c2ccccc2)CC1. The molecule has 0 aliphatic heterocycles. The molecule has 0 aromatic heterocycles. The van der Waals surface area contributed by atoms with E-state index in [1.165, 1.54) is 24.8 Å². The van der Waals surface area contributed by atoms with Crippen LogP contribution >= 0.6 is 11.8 Å². The molecule has 0 radical (unpaired) electrons. The lowest BCUT2D eigenvalue weighted by Gasteiger charge is -2.29. The molecular weight excluding hydrogens is 250 g/mol. The maximum absolute atomic E-state index is 3.83. The molecule has 1 atom stereocenters. The van der Waals surface area contributed by atoms with Crippen LogP contribution in [0.3, 0.4) is 0 Å². The maximum Gasteiger partial charge on any atom is 0.0325 e. The van der Waals surface area contributed by atoms with Crippen molar-refractivity contribution in [3.8, 4) is 0 Å². The van der Waals surface area contributed by atoms with Crippen LogP contribution in [-0.4, -0.2) is 17.5 Å². The van der Waals surface area contributed by atoms with Crippen LogP contribution in [-0.2, 0) is 0 Å². The minimum absolute atomic E-state index is 0.351. The first-order valence-corrected chi connectivity index (χ1v) is 8.50. The third kappa shape index (κ3) is 4.54. The van der Waals surface area contributed by atoms with Gasteiger partial charge in [0.2, 0.25) is 0 Å². The maximum atomic E-state index is 3.83. The van der Waals surface area contributed by atoms with Gasteiger partial charge in [-0.15, -0.1) is 0 Å². The van der Waals surface area contributed by atoms with E-state index in [0.29, 0.717) is 16.2 Å². The van der Waals surface area contributed by atoms with Crippen molar-refractivity contribution >= 4 is 11.8 Å². The molecule has 1 saturated carbocycles. The average molecular weight is 277 g/mol. The molecule has 2 heteroatoms. The topological polar surface area (TPSA) is 12.0 Å². The van der Waals surface area contributed by atoms with Crippen LogP contribution < -0.4 is 5.32 Å².